The molecule has 28 heavy (non-hydrogen) atoms. The van der Waals surface area contributed by atoms with Gasteiger partial charge in [0.1, 0.15) is 11.4 Å². The number of carboxylic acids is 1. The molecule has 9 heteroatoms. The molecular formula is C19H26N4O5. The number of anilines is 1. The Morgan fingerprint density at radius 2 is 1.93 bits per heavy atom. The summed E-state index contributed by atoms with van der Waals surface area (Å²) >= 11 is 0. The fraction of sp³-hybridized carbons (Fsp3) is 0.579. The van der Waals surface area contributed by atoms with Gasteiger partial charge in [-0.05, 0) is 30.9 Å². The Balaban J connectivity index is 1.79. The highest BCUT2D eigenvalue weighted by Gasteiger charge is 2.57. The number of carboxylic acid groups (broad SMARTS) is 1. The minimum atomic E-state index is -1.03. The molecule has 0 aliphatic carbocycles. The van der Waals surface area contributed by atoms with Crippen LogP contribution in [0.2, 0.25) is 0 Å². The van der Waals surface area contributed by atoms with E-state index in [1.165, 1.54) is 12.3 Å². The number of aromatic nitrogens is 1. The average molecular weight is 390 g/mol. The van der Waals surface area contributed by atoms with E-state index in [1.807, 2.05) is 18.7 Å². The smallest absolute Gasteiger partial charge is 0.337 e. The van der Waals surface area contributed by atoms with Crippen LogP contribution in [-0.4, -0.2) is 81.2 Å². The van der Waals surface area contributed by atoms with Crippen LogP contribution in [0.25, 0.3) is 0 Å². The number of pyridine rings is 1. The predicted octanol–water partition coefficient (Wildman–Crippen LogP) is 1.03. The highest BCUT2D eigenvalue weighted by Crippen LogP contribution is 2.38. The summed E-state index contributed by atoms with van der Waals surface area (Å²) in [5.41, 5.74) is -0.759. The summed E-state index contributed by atoms with van der Waals surface area (Å²) in [7, 11) is 0. The number of rotatable bonds is 6. The van der Waals surface area contributed by atoms with E-state index in [9.17, 15) is 19.5 Å². The number of aromatic carboxylic acids is 1. The Labute approximate surface area is 163 Å². The summed E-state index contributed by atoms with van der Waals surface area (Å²) in [4.78, 5) is 45.9. The molecular weight excluding hydrogens is 364 g/mol. The van der Waals surface area contributed by atoms with Crippen LogP contribution in [0.4, 0.5) is 10.6 Å². The van der Waals surface area contributed by atoms with Gasteiger partial charge in [-0.15, -0.1) is 0 Å². The SMILES string of the molecule is CC(C)CN1C(=O)N(CCO)C(=O)C12CCN(c1ccc(C(=O)O)cn1)CC2. The van der Waals surface area contributed by atoms with Crippen LogP contribution in [0, 0.1) is 5.92 Å². The van der Waals surface area contributed by atoms with Gasteiger partial charge in [-0.25, -0.2) is 14.6 Å². The van der Waals surface area contributed by atoms with Gasteiger partial charge < -0.3 is 20.0 Å². The van der Waals surface area contributed by atoms with Gasteiger partial charge in [0.25, 0.3) is 5.91 Å². The van der Waals surface area contributed by atoms with Gasteiger partial charge in [0, 0.05) is 25.8 Å². The van der Waals surface area contributed by atoms with Gasteiger partial charge in [0.15, 0.2) is 0 Å². The number of aliphatic hydroxyl groups is 1. The van der Waals surface area contributed by atoms with Gasteiger partial charge in [-0.1, -0.05) is 13.8 Å². The molecule has 0 saturated carbocycles. The lowest BCUT2D eigenvalue weighted by Gasteiger charge is -2.43. The second kappa shape index (κ2) is 7.75. The quantitative estimate of drug-likeness (QED) is 0.697. The molecule has 0 radical (unpaired) electrons. The molecule has 2 saturated heterocycles. The lowest BCUT2D eigenvalue weighted by Crippen LogP contribution is -2.57. The zero-order chi connectivity index (χ0) is 20.5. The van der Waals surface area contributed by atoms with E-state index in [-0.39, 0.29) is 36.6 Å². The molecule has 1 spiro atoms. The number of amides is 3. The number of carbonyl (C=O) groups excluding carboxylic acids is 2. The van der Waals surface area contributed by atoms with E-state index in [0.717, 1.165) is 4.90 Å². The first-order chi connectivity index (χ1) is 13.3. The minimum Gasteiger partial charge on any atom is -0.478 e. The molecule has 2 N–H and O–H groups in total. The maximum atomic E-state index is 13.1. The maximum Gasteiger partial charge on any atom is 0.337 e. The third-order valence-electron chi connectivity index (χ3n) is 5.40. The number of urea groups is 1. The van der Waals surface area contributed by atoms with Gasteiger partial charge in [-0.3, -0.25) is 9.69 Å². The number of β-amino-alcohol motifs (C(OH)–C–C–N with tert-alkyl or cyclic N) is 1. The first-order valence-corrected chi connectivity index (χ1v) is 9.49. The molecule has 2 fully saturated rings. The first-order valence-electron chi connectivity index (χ1n) is 9.49. The zero-order valence-electron chi connectivity index (χ0n) is 16.2. The standard InChI is InChI=1S/C19H26N4O5/c1-13(2)12-23-18(28)22(9-10-24)17(27)19(23)5-7-21(8-6-19)15-4-3-14(11-20-15)16(25)26/h3-4,11,13,24H,5-10,12H2,1-2H3,(H,25,26). The lowest BCUT2D eigenvalue weighted by molar-refractivity contribution is -0.134. The number of nitrogens with zero attached hydrogens (tertiary/aromatic N) is 4. The Bertz CT molecular complexity index is 756. The van der Waals surface area contributed by atoms with Crippen molar-refractivity contribution < 1.29 is 24.6 Å². The summed E-state index contributed by atoms with van der Waals surface area (Å²) in [6.45, 7) is 5.30. The topological polar surface area (TPSA) is 114 Å². The Kier molecular flexibility index (Phi) is 5.55. The molecule has 0 atom stereocenters. The van der Waals surface area contributed by atoms with E-state index >= 15 is 0 Å². The average Bonchev–Trinajstić information content (AvgIpc) is 2.85. The van der Waals surface area contributed by atoms with Crippen molar-refractivity contribution in [3.05, 3.63) is 23.9 Å². The molecule has 3 amide bonds. The van der Waals surface area contributed by atoms with Crippen molar-refractivity contribution in [2.75, 3.05) is 37.7 Å². The molecule has 9 nitrogen and oxygen atoms in total. The van der Waals surface area contributed by atoms with E-state index in [4.69, 9.17) is 5.11 Å². The fourth-order valence-electron chi connectivity index (χ4n) is 3.99. The van der Waals surface area contributed by atoms with Crippen molar-refractivity contribution in [1.29, 1.82) is 0 Å². The van der Waals surface area contributed by atoms with Crippen molar-refractivity contribution in [2.45, 2.75) is 32.2 Å². The van der Waals surface area contributed by atoms with Crippen LogP contribution in [0.3, 0.4) is 0 Å². The van der Waals surface area contributed by atoms with E-state index in [0.29, 0.717) is 38.3 Å². The van der Waals surface area contributed by atoms with Crippen LogP contribution in [0.1, 0.15) is 37.0 Å². The summed E-state index contributed by atoms with van der Waals surface area (Å²) in [6, 6.07) is 2.84. The second-order valence-corrected chi connectivity index (χ2v) is 7.70. The number of aliphatic hydroxyl groups excluding tert-OH is 1. The normalized spacial score (nSPS) is 19.2. The molecule has 1 aromatic rings. The lowest BCUT2D eigenvalue weighted by atomic mass is 9.85. The Morgan fingerprint density at radius 1 is 1.25 bits per heavy atom. The van der Waals surface area contributed by atoms with Crippen LogP contribution >= 0.6 is 0 Å². The highest BCUT2D eigenvalue weighted by molar-refractivity contribution is 6.07. The second-order valence-electron chi connectivity index (χ2n) is 7.70. The summed E-state index contributed by atoms with van der Waals surface area (Å²) < 4.78 is 0. The molecule has 3 rings (SSSR count). The monoisotopic (exact) mass is 390 g/mol. The third kappa shape index (κ3) is 3.42. The van der Waals surface area contributed by atoms with Crippen molar-refractivity contribution in [3.8, 4) is 0 Å². The minimum absolute atomic E-state index is 0.00985. The molecule has 2 aliphatic rings. The summed E-state index contributed by atoms with van der Waals surface area (Å²) in [5, 5.41) is 18.2. The molecule has 0 unspecified atom stereocenters. The highest BCUT2D eigenvalue weighted by atomic mass is 16.4. The van der Waals surface area contributed by atoms with Gasteiger partial charge in [0.2, 0.25) is 0 Å². The van der Waals surface area contributed by atoms with Crippen LogP contribution < -0.4 is 4.90 Å². The predicted molar refractivity (Wildman–Crippen MR) is 101 cm³/mol. The maximum absolute atomic E-state index is 13.1. The number of piperidine rings is 1. The number of hydrogen-bond donors (Lipinski definition) is 2. The van der Waals surface area contributed by atoms with Crippen molar-refractivity contribution in [2.24, 2.45) is 5.92 Å². The number of hydrogen-bond acceptors (Lipinski definition) is 6. The van der Waals surface area contributed by atoms with Crippen LogP contribution in [-0.2, 0) is 4.79 Å². The van der Waals surface area contributed by atoms with Crippen molar-refractivity contribution in [1.82, 2.24) is 14.8 Å². The first kappa shape index (κ1) is 20.1. The molecule has 3 heterocycles. The number of carbonyl (C=O) groups is 3. The van der Waals surface area contributed by atoms with Crippen LogP contribution in [0.5, 0.6) is 0 Å². The third-order valence-corrected chi connectivity index (χ3v) is 5.40. The molecule has 0 aromatic carbocycles. The van der Waals surface area contributed by atoms with Crippen molar-refractivity contribution in [3.63, 3.8) is 0 Å². The summed E-state index contributed by atoms with van der Waals surface area (Å²) in [6.07, 6.45) is 2.25. The van der Waals surface area contributed by atoms with E-state index in [1.54, 1.807) is 11.0 Å². The number of imide groups is 1. The Hall–Kier alpha value is -2.68. The fourth-order valence-corrected chi connectivity index (χ4v) is 3.99. The molecule has 2 aliphatic heterocycles. The molecule has 0 bridgehead atoms. The van der Waals surface area contributed by atoms with Gasteiger partial charge >= 0.3 is 12.0 Å². The molecule has 152 valence electrons. The van der Waals surface area contributed by atoms with Crippen molar-refractivity contribution >= 4 is 23.7 Å². The largest absolute Gasteiger partial charge is 0.478 e. The van der Waals surface area contributed by atoms with E-state index in [2.05, 4.69) is 4.98 Å². The summed E-state index contributed by atoms with van der Waals surface area (Å²) in [5.74, 6) is -0.397. The zero-order valence-corrected chi connectivity index (χ0v) is 16.2. The van der Waals surface area contributed by atoms with Crippen LogP contribution in [0.15, 0.2) is 18.3 Å². The Morgan fingerprint density at radius 3 is 2.43 bits per heavy atom. The molecule has 1 aromatic heterocycles. The van der Waals surface area contributed by atoms with Gasteiger partial charge in [0.05, 0.1) is 18.7 Å². The van der Waals surface area contributed by atoms with Gasteiger partial charge in [-0.2, -0.15) is 0 Å². The van der Waals surface area contributed by atoms with E-state index < -0.39 is 11.5 Å².